The fourth-order valence-electron chi connectivity index (χ4n) is 1.80. The summed E-state index contributed by atoms with van der Waals surface area (Å²) in [5, 5.41) is 17.2. The number of hydrogen-bond donors (Lipinski definition) is 2. The molecule has 4 heteroatoms. The molecule has 0 aromatic heterocycles. The molecular formula is C14H30O2S2. The Morgan fingerprint density at radius 1 is 0.444 bits per heavy atom. The average molecular weight is 295 g/mol. The van der Waals surface area contributed by atoms with Crippen molar-refractivity contribution in [1.29, 1.82) is 0 Å². The summed E-state index contributed by atoms with van der Waals surface area (Å²) in [4.78, 5) is 0. The molecule has 0 unspecified atom stereocenters. The molecule has 0 radical (unpaired) electrons. The van der Waals surface area contributed by atoms with Crippen LogP contribution in [0, 0.1) is 0 Å². The fraction of sp³-hybridized carbons (Fsp3) is 1.00. The minimum atomic E-state index is 0.321. The smallest absolute Gasteiger partial charge is 0.0521 e. The van der Waals surface area contributed by atoms with E-state index >= 15 is 0 Å². The van der Waals surface area contributed by atoms with E-state index in [2.05, 4.69) is 0 Å². The van der Waals surface area contributed by atoms with Gasteiger partial charge in [0.15, 0.2) is 0 Å². The van der Waals surface area contributed by atoms with Gasteiger partial charge in [0.1, 0.15) is 0 Å². The third-order valence-corrected chi connectivity index (χ3v) is 4.90. The Labute approximate surface area is 121 Å². The molecule has 0 saturated carbocycles. The fourth-order valence-corrected chi connectivity index (χ4v) is 3.29. The second-order valence-electron chi connectivity index (χ2n) is 4.50. The molecule has 0 rings (SSSR count). The molecule has 0 heterocycles. The first kappa shape index (κ1) is 18.6. The quantitative estimate of drug-likeness (QED) is 0.453. The van der Waals surface area contributed by atoms with Crippen LogP contribution in [-0.2, 0) is 0 Å². The van der Waals surface area contributed by atoms with Gasteiger partial charge in [-0.1, -0.05) is 38.5 Å². The highest BCUT2D eigenvalue weighted by Crippen LogP contribution is 2.12. The van der Waals surface area contributed by atoms with Crippen molar-refractivity contribution in [2.45, 2.75) is 51.4 Å². The molecule has 0 aromatic carbocycles. The second kappa shape index (κ2) is 17.6. The zero-order chi connectivity index (χ0) is 13.3. The van der Waals surface area contributed by atoms with Gasteiger partial charge in [-0.3, -0.25) is 0 Å². The Morgan fingerprint density at radius 3 is 1.11 bits per heavy atom. The van der Waals surface area contributed by atoms with Crippen molar-refractivity contribution in [3.05, 3.63) is 0 Å². The largest absolute Gasteiger partial charge is 0.396 e. The molecule has 0 aliphatic carbocycles. The number of aliphatic hydroxyl groups is 2. The van der Waals surface area contributed by atoms with Gasteiger partial charge >= 0.3 is 0 Å². The summed E-state index contributed by atoms with van der Waals surface area (Å²) in [5.74, 6) is 4.22. The summed E-state index contributed by atoms with van der Waals surface area (Å²) in [5.41, 5.74) is 0. The van der Waals surface area contributed by atoms with Crippen molar-refractivity contribution in [3.8, 4) is 0 Å². The summed E-state index contributed by atoms with van der Waals surface area (Å²) in [6.45, 7) is 0.641. The second-order valence-corrected chi connectivity index (χ2v) is 6.95. The van der Waals surface area contributed by atoms with Crippen LogP contribution in [0.15, 0.2) is 0 Å². The Kier molecular flexibility index (Phi) is 18.2. The molecular weight excluding hydrogens is 264 g/mol. The summed E-state index contributed by atoms with van der Waals surface area (Å²) >= 11 is 3.73. The van der Waals surface area contributed by atoms with Gasteiger partial charge in [0.2, 0.25) is 0 Å². The highest BCUT2D eigenvalue weighted by molar-refractivity contribution is 7.99. The maximum atomic E-state index is 8.62. The molecule has 2 nitrogen and oxygen atoms in total. The summed E-state index contributed by atoms with van der Waals surface area (Å²) < 4.78 is 0. The topological polar surface area (TPSA) is 40.5 Å². The molecule has 0 amide bonds. The average Bonchev–Trinajstić information content (AvgIpc) is 2.39. The lowest BCUT2D eigenvalue weighted by Gasteiger charge is -2.02. The van der Waals surface area contributed by atoms with Crippen LogP contribution in [0.25, 0.3) is 0 Å². The molecule has 18 heavy (non-hydrogen) atoms. The summed E-state index contributed by atoms with van der Waals surface area (Å²) in [7, 11) is 0. The number of hydrogen-bond acceptors (Lipinski definition) is 4. The maximum Gasteiger partial charge on any atom is 0.0521 e. The van der Waals surface area contributed by atoms with Crippen LogP contribution < -0.4 is 0 Å². The summed E-state index contributed by atoms with van der Waals surface area (Å²) in [6.07, 6.45) is 10.8. The van der Waals surface area contributed by atoms with Gasteiger partial charge in [-0.15, -0.1) is 0 Å². The molecule has 110 valence electrons. The van der Waals surface area contributed by atoms with Gasteiger partial charge in [0.05, 0.1) is 13.2 Å². The zero-order valence-corrected chi connectivity index (χ0v) is 13.2. The predicted molar refractivity (Wildman–Crippen MR) is 85.8 cm³/mol. The van der Waals surface area contributed by atoms with Crippen molar-refractivity contribution < 1.29 is 10.2 Å². The van der Waals surface area contributed by atoms with Crippen LogP contribution >= 0.6 is 23.5 Å². The van der Waals surface area contributed by atoms with E-state index in [9.17, 15) is 0 Å². The Balaban J connectivity index is 2.86. The van der Waals surface area contributed by atoms with Gasteiger partial charge in [-0.05, 0) is 24.3 Å². The van der Waals surface area contributed by atoms with E-state index in [1.165, 1.54) is 62.9 Å². The molecule has 0 atom stereocenters. The Morgan fingerprint density at radius 2 is 0.778 bits per heavy atom. The van der Waals surface area contributed by atoms with E-state index in [1.807, 2.05) is 23.5 Å². The lowest BCUT2D eigenvalue weighted by atomic mass is 10.1. The zero-order valence-electron chi connectivity index (χ0n) is 11.6. The molecule has 0 aromatic rings. The monoisotopic (exact) mass is 294 g/mol. The first-order valence-corrected chi connectivity index (χ1v) is 9.60. The van der Waals surface area contributed by atoms with Crippen molar-refractivity contribution >= 4 is 23.5 Å². The van der Waals surface area contributed by atoms with Crippen molar-refractivity contribution in [2.75, 3.05) is 36.2 Å². The number of rotatable bonds is 15. The van der Waals surface area contributed by atoms with Crippen LogP contribution in [0.4, 0.5) is 0 Å². The van der Waals surface area contributed by atoms with Crippen LogP contribution in [-0.4, -0.2) is 46.4 Å². The number of thioether (sulfide) groups is 2. The van der Waals surface area contributed by atoms with E-state index in [4.69, 9.17) is 10.2 Å². The molecule has 2 N–H and O–H groups in total. The van der Waals surface area contributed by atoms with E-state index in [-0.39, 0.29) is 0 Å². The van der Waals surface area contributed by atoms with Crippen LogP contribution in [0.5, 0.6) is 0 Å². The van der Waals surface area contributed by atoms with Gasteiger partial charge in [-0.2, -0.15) is 23.5 Å². The number of unbranched alkanes of at least 4 members (excludes halogenated alkanes) is 7. The molecule has 0 bridgehead atoms. The van der Waals surface area contributed by atoms with Crippen LogP contribution in [0.1, 0.15) is 51.4 Å². The standard InChI is InChI=1S/C14H30O2S2/c15-9-13-17-11-7-5-3-1-2-4-6-8-12-18-14-10-16/h15-16H,1-14H2. The van der Waals surface area contributed by atoms with Gasteiger partial charge in [-0.25, -0.2) is 0 Å². The highest BCUT2D eigenvalue weighted by atomic mass is 32.2. The minimum absolute atomic E-state index is 0.321. The van der Waals surface area contributed by atoms with Crippen molar-refractivity contribution in [2.24, 2.45) is 0 Å². The van der Waals surface area contributed by atoms with Gasteiger partial charge in [0.25, 0.3) is 0 Å². The van der Waals surface area contributed by atoms with E-state index < -0.39 is 0 Å². The Bertz CT molecular complexity index is 130. The Hall–Kier alpha value is 0.620. The first-order valence-electron chi connectivity index (χ1n) is 7.29. The molecule has 0 saturated heterocycles. The molecule has 0 spiro atoms. The SMILES string of the molecule is OCCSCCCCCCCCCCSCCO. The molecule has 0 aliphatic heterocycles. The van der Waals surface area contributed by atoms with Crippen LogP contribution in [0.3, 0.4) is 0 Å². The normalized spacial score (nSPS) is 11.0. The molecule has 0 aliphatic rings. The van der Waals surface area contributed by atoms with E-state index in [0.29, 0.717) is 13.2 Å². The third kappa shape index (κ3) is 16.6. The lowest BCUT2D eigenvalue weighted by molar-refractivity contribution is 0.322. The third-order valence-electron chi connectivity index (χ3n) is 2.80. The van der Waals surface area contributed by atoms with Crippen molar-refractivity contribution in [1.82, 2.24) is 0 Å². The van der Waals surface area contributed by atoms with E-state index in [0.717, 1.165) is 11.5 Å². The highest BCUT2D eigenvalue weighted by Gasteiger charge is 1.93. The van der Waals surface area contributed by atoms with Gasteiger partial charge in [0, 0.05) is 11.5 Å². The molecule has 0 fully saturated rings. The maximum absolute atomic E-state index is 8.62. The lowest BCUT2D eigenvalue weighted by Crippen LogP contribution is -1.90. The predicted octanol–water partition coefficient (Wildman–Crippen LogP) is 3.56. The minimum Gasteiger partial charge on any atom is -0.396 e. The number of aliphatic hydroxyl groups excluding tert-OH is 2. The van der Waals surface area contributed by atoms with Crippen molar-refractivity contribution in [3.63, 3.8) is 0 Å². The summed E-state index contributed by atoms with van der Waals surface area (Å²) in [6, 6.07) is 0. The van der Waals surface area contributed by atoms with Crippen LogP contribution in [0.2, 0.25) is 0 Å². The van der Waals surface area contributed by atoms with Gasteiger partial charge < -0.3 is 10.2 Å². The first-order chi connectivity index (χ1) is 8.91. The van der Waals surface area contributed by atoms with E-state index in [1.54, 1.807) is 0 Å².